The van der Waals surface area contributed by atoms with Crippen molar-refractivity contribution in [1.29, 1.82) is 0 Å². The first-order valence-corrected chi connectivity index (χ1v) is 12.0. The second-order valence-electron chi connectivity index (χ2n) is 8.67. The molecular formula is C27H31N5O3. The Morgan fingerprint density at radius 2 is 1.83 bits per heavy atom. The van der Waals surface area contributed by atoms with Crippen LogP contribution in [0.25, 0.3) is 5.69 Å². The van der Waals surface area contributed by atoms with Gasteiger partial charge in [0, 0.05) is 57.2 Å². The van der Waals surface area contributed by atoms with Crippen LogP contribution in [-0.2, 0) is 24.2 Å². The number of benzene rings is 2. The number of aromatic nitrogens is 3. The summed E-state index contributed by atoms with van der Waals surface area (Å²) in [6.45, 7) is 5.81. The van der Waals surface area contributed by atoms with E-state index in [1.165, 1.54) is 0 Å². The summed E-state index contributed by atoms with van der Waals surface area (Å²) >= 11 is 0. The van der Waals surface area contributed by atoms with Gasteiger partial charge in [0.2, 0.25) is 0 Å². The molecule has 0 amide bonds. The highest BCUT2D eigenvalue weighted by Gasteiger charge is 2.17. The van der Waals surface area contributed by atoms with Crippen molar-refractivity contribution in [1.82, 2.24) is 19.4 Å². The van der Waals surface area contributed by atoms with E-state index in [-0.39, 0.29) is 0 Å². The average Bonchev–Trinajstić information content (AvgIpc) is 3.61. The quantitative estimate of drug-likeness (QED) is 0.345. The third-order valence-corrected chi connectivity index (χ3v) is 6.19. The number of anilines is 1. The van der Waals surface area contributed by atoms with Gasteiger partial charge in [-0.15, -0.1) is 0 Å². The smallest absolute Gasteiger partial charge is 0.298 e. The first-order valence-electron chi connectivity index (χ1n) is 12.0. The molecule has 0 radical (unpaired) electrons. The molecule has 1 fully saturated rings. The van der Waals surface area contributed by atoms with Gasteiger partial charge in [-0.05, 0) is 35.4 Å². The van der Waals surface area contributed by atoms with Crippen molar-refractivity contribution in [2.24, 2.45) is 0 Å². The summed E-state index contributed by atoms with van der Waals surface area (Å²) in [6.07, 6.45) is 8.18. The Hall–Kier alpha value is -3.62. The monoisotopic (exact) mass is 473 g/mol. The Bertz CT molecular complexity index is 1200. The Morgan fingerprint density at radius 3 is 2.60 bits per heavy atom. The van der Waals surface area contributed by atoms with Crippen LogP contribution in [0.3, 0.4) is 0 Å². The fraction of sp³-hybridized carbons (Fsp3) is 0.333. The lowest BCUT2D eigenvalue weighted by Crippen LogP contribution is -2.37. The van der Waals surface area contributed by atoms with Crippen molar-refractivity contribution in [2.75, 3.05) is 44.9 Å². The predicted octanol–water partition coefficient (Wildman–Crippen LogP) is 3.95. The first kappa shape index (κ1) is 23.1. The van der Waals surface area contributed by atoms with Crippen LogP contribution in [0.2, 0.25) is 0 Å². The fourth-order valence-corrected chi connectivity index (χ4v) is 4.28. The van der Waals surface area contributed by atoms with E-state index in [9.17, 15) is 0 Å². The number of hydrogen-bond donors (Lipinski definition) is 0. The van der Waals surface area contributed by atoms with Gasteiger partial charge in [0.25, 0.3) is 6.01 Å². The van der Waals surface area contributed by atoms with Crippen molar-refractivity contribution < 1.29 is 13.9 Å². The largest absolute Gasteiger partial charge is 0.497 e. The topological polar surface area (TPSA) is 68.8 Å². The molecule has 35 heavy (non-hydrogen) atoms. The lowest BCUT2D eigenvalue weighted by atomic mass is 10.1. The van der Waals surface area contributed by atoms with E-state index in [1.54, 1.807) is 19.6 Å². The van der Waals surface area contributed by atoms with Crippen molar-refractivity contribution in [2.45, 2.75) is 19.5 Å². The zero-order valence-corrected chi connectivity index (χ0v) is 20.0. The molecule has 1 aliphatic heterocycles. The summed E-state index contributed by atoms with van der Waals surface area (Å²) in [5, 5.41) is 0. The number of oxazole rings is 1. The lowest BCUT2D eigenvalue weighted by Gasteiger charge is -2.26. The lowest BCUT2D eigenvalue weighted by molar-refractivity contribution is 0.0383. The van der Waals surface area contributed by atoms with Crippen molar-refractivity contribution in [3.8, 4) is 11.4 Å². The van der Waals surface area contributed by atoms with E-state index in [0.717, 1.165) is 67.5 Å². The summed E-state index contributed by atoms with van der Waals surface area (Å²) in [5.41, 5.74) is 4.32. The molecule has 2 aromatic carbocycles. The highest BCUT2D eigenvalue weighted by atomic mass is 16.5. The van der Waals surface area contributed by atoms with Crippen LogP contribution in [0.15, 0.2) is 77.9 Å². The second-order valence-corrected chi connectivity index (χ2v) is 8.67. The Balaban J connectivity index is 1.35. The van der Waals surface area contributed by atoms with Gasteiger partial charge in [-0.3, -0.25) is 4.90 Å². The summed E-state index contributed by atoms with van der Waals surface area (Å²) in [4.78, 5) is 13.6. The molecule has 0 bridgehead atoms. The maximum Gasteiger partial charge on any atom is 0.298 e. The van der Waals surface area contributed by atoms with E-state index >= 15 is 0 Å². The molecule has 0 unspecified atom stereocenters. The standard InChI is InChI=1S/C27H31N5O3/c1-33-26-7-3-5-23(17-26)19-32(18-22-4-2-6-25(16-22)31-11-9-28-21-31)27-29-24(20-35-27)8-10-30-12-14-34-15-13-30/h2-7,9,11,16-17,20-21H,8,10,12-15,18-19H2,1H3. The number of nitrogens with zero attached hydrogens (tertiary/aromatic N) is 5. The minimum absolute atomic E-state index is 0.623. The van der Waals surface area contributed by atoms with Crippen LogP contribution in [0.4, 0.5) is 6.01 Å². The van der Waals surface area contributed by atoms with Gasteiger partial charge in [-0.1, -0.05) is 24.3 Å². The third kappa shape index (κ3) is 6.09. The summed E-state index contributed by atoms with van der Waals surface area (Å²) in [7, 11) is 1.69. The molecule has 8 heteroatoms. The summed E-state index contributed by atoms with van der Waals surface area (Å²) < 4.78 is 18.9. The molecule has 0 atom stereocenters. The molecule has 0 saturated carbocycles. The first-order chi connectivity index (χ1) is 17.3. The minimum Gasteiger partial charge on any atom is -0.497 e. The zero-order valence-electron chi connectivity index (χ0n) is 20.0. The van der Waals surface area contributed by atoms with Crippen LogP contribution >= 0.6 is 0 Å². The third-order valence-electron chi connectivity index (χ3n) is 6.19. The molecule has 0 N–H and O–H groups in total. The number of morpholine rings is 1. The Labute approximate surface area is 205 Å². The summed E-state index contributed by atoms with van der Waals surface area (Å²) in [6, 6.07) is 17.2. The number of hydrogen-bond acceptors (Lipinski definition) is 7. The number of imidazole rings is 1. The van der Waals surface area contributed by atoms with E-state index < -0.39 is 0 Å². The van der Waals surface area contributed by atoms with Crippen LogP contribution in [0.1, 0.15) is 16.8 Å². The van der Waals surface area contributed by atoms with Gasteiger partial charge < -0.3 is 23.4 Å². The number of rotatable bonds is 10. The van der Waals surface area contributed by atoms with Crippen LogP contribution in [0, 0.1) is 0 Å². The Morgan fingerprint density at radius 1 is 1.03 bits per heavy atom. The second kappa shape index (κ2) is 11.2. The van der Waals surface area contributed by atoms with E-state index in [4.69, 9.17) is 18.9 Å². The van der Waals surface area contributed by atoms with Gasteiger partial charge in [0.1, 0.15) is 12.0 Å². The maximum absolute atomic E-state index is 6.00. The summed E-state index contributed by atoms with van der Waals surface area (Å²) in [5.74, 6) is 0.836. The molecule has 182 valence electrons. The molecule has 5 rings (SSSR count). The fourth-order valence-electron chi connectivity index (χ4n) is 4.28. The van der Waals surface area contributed by atoms with E-state index in [0.29, 0.717) is 19.1 Å². The molecule has 4 aromatic rings. The molecule has 2 aromatic heterocycles. The highest BCUT2D eigenvalue weighted by molar-refractivity contribution is 5.40. The van der Waals surface area contributed by atoms with Gasteiger partial charge >= 0.3 is 0 Å². The highest BCUT2D eigenvalue weighted by Crippen LogP contribution is 2.23. The Kier molecular flexibility index (Phi) is 7.41. The maximum atomic E-state index is 6.00. The minimum atomic E-state index is 0.623. The van der Waals surface area contributed by atoms with E-state index in [2.05, 4.69) is 51.2 Å². The molecule has 1 saturated heterocycles. The van der Waals surface area contributed by atoms with Crippen molar-refractivity contribution in [3.63, 3.8) is 0 Å². The molecule has 8 nitrogen and oxygen atoms in total. The molecule has 0 aliphatic carbocycles. The van der Waals surface area contributed by atoms with Gasteiger partial charge in [-0.2, -0.15) is 4.98 Å². The zero-order chi connectivity index (χ0) is 23.9. The van der Waals surface area contributed by atoms with Crippen LogP contribution in [0.5, 0.6) is 5.75 Å². The molecule has 1 aliphatic rings. The number of ether oxygens (including phenoxy) is 2. The number of methoxy groups -OCH3 is 1. The predicted molar refractivity (Wildman–Crippen MR) is 134 cm³/mol. The average molecular weight is 474 g/mol. The molecule has 3 heterocycles. The SMILES string of the molecule is COc1cccc(CN(Cc2cccc(-n3ccnc3)c2)c2nc(CCN3CCOCC3)co2)c1. The van der Waals surface area contributed by atoms with Crippen molar-refractivity contribution in [3.05, 3.63) is 90.3 Å². The normalized spacial score (nSPS) is 14.2. The van der Waals surface area contributed by atoms with Crippen LogP contribution in [-0.4, -0.2) is 59.4 Å². The van der Waals surface area contributed by atoms with Gasteiger partial charge in [-0.25, -0.2) is 4.98 Å². The van der Waals surface area contributed by atoms with E-state index in [1.807, 2.05) is 29.2 Å². The van der Waals surface area contributed by atoms with Gasteiger partial charge in [0.05, 0.1) is 32.3 Å². The molecular weight excluding hydrogens is 442 g/mol. The van der Waals surface area contributed by atoms with Crippen LogP contribution < -0.4 is 9.64 Å². The van der Waals surface area contributed by atoms with Gasteiger partial charge in [0.15, 0.2) is 0 Å². The van der Waals surface area contributed by atoms with Crippen molar-refractivity contribution >= 4 is 6.01 Å². The molecule has 0 spiro atoms.